The SMILES string of the molecule is O=[N+]([O-])c1ccc(-n2nc(-c3ccc(C(F)(F)F)cc3)c3c2NCC3)cc1. The van der Waals surface area contributed by atoms with Crippen LogP contribution in [0.25, 0.3) is 16.9 Å². The number of halogens is 3. The lowest BCUT2D eigenvalue weighted by Crippen LogP contribution is -2.05. The van der Waals surface area contributed by atoms with Crippen molar-refractivity contribution >= 4 is 11.5 Å². The first-order valence-corrected chi connectivity index (χ1v) is 8.13. The first-order valence-electron chi connectivity index (χ1n) is 8.13. The van der Waals surface area contributed by atoms with Crippen molar-refractivity contribution < 1.29 is 18.1 Å². The van der Waals surface area contributed by atoms with Gasteiger partial charge >= 0.3 is 6.18 Å². The molecule has 6 nitrogen and oxygen atoms in total. The lowest BCUT2D eigenvalue weighted by molar-refractivity contribution is -0.384. The molecule has 0 unspecified atom stereocenters. The van der Waals surface area contributed by atoms with Crippen LogP contribution in [0.4, 0.5) is 24.7 Å². The smallest absolute Gasteiger partial charge is 0.369 e. The van der Waals surface area contributed by atoms with Crippen molar-refractivity contribution in [2.75, 3.05) is 11.9 Å². The first-order chi connectivity index (χ1) is 12.8. The summed E-state index contributed by atoms with van der Waals surface area (Å²) in [6.07, 6.45) is -3.70. The van der Waals surface area contributed by atoms with Crippen molar-refractivity contribution in [3.05, 3.63) is 69.8 Å². The van der Waals surface area contributed by atoms with Crippen LogP contribution >= 0.6 is 0 Å². The number of hydrogen-bond acceptors (Lipinski definition) is 4. The number of alkyl halides is 3. The summed E-state index contributed by atoms with van der Waals surface area (Å²) < 4.78 is 40.0. The Kier molecular flexibility index (Phi) is 3.87. The van der Waals surface area contributed by atoms with Crippen molar-refractivity contribution in [1.29, 1.82) is 0 Å². The molecular formula is C18H13F3N4O2. The number of anilines is 1. The van der Waals surface area contributed by atoms with E-state index in [1.807, 2.05) is 0 Å². The normalized spacial score (nSPS) is 13.3. The highest BCUT2D eigenvalue weighted by atomic mass is 19.4. The summed E-state index contributed by atoms with van der Waals surface area (Å²) in [5, 5.41) is 18.6. The van der Waals surface area contributed by atoms with Gasteiger partial charge in [0.2, 0.25) is 0 Å². The molecule has 0 saturated carbocycles. The minimum Gasteiger partial charge on any atom is -0.369 e. The maximum atomic E-state index is 12.8. The molecule has 0 radical (unpaired) electrons. The molecular weight excluding hydrogens is 361 g/mol. The van der Waals surface area contributed by atoms with E-state index in [0.717, 1.165) is 23.5 Å². The van der Waals surface area contributed by atoms with Gasteiger partial charge in [-0.25, -0.2) is 4.68 Å². The van der Waals surface area contributed by atoms with Gasteiger partial charge in [0.05, 0.1) is 21.9 Å². The van der Waals surface area contributed by atoms with Gasteiger partial charge in [0.25, 0.3) is 5.69 Å². The summed E-state index contributed by atoms with van der Waals surface area (Å²) >= 11 is 0. The minimum absolute atomic E-state index is 0.0292. The van der Waals surface area contributed by atoms with Gasteiger partial charge in [0, 0.05) is 29.8 Å². The zero-order chi connectivity index (χ0) is 19.2. The van der Waals surface area contributed by atoms with E-state index in [-0.39, 0.29) is 5.69 Å². The van der Waals surface area contributed by atoms with Crippen LogP contribution in [-0.4, -0.2) is 21.2 Å². The van der Waals surface area contributed by atoms with Crippen LogP contribution in [0, 0.1) is 10.1 Å². The van der Waals surface area contributed by atoms with Gasteiger partial charge in [-0.3, -0.25) is 10.1 Å². The largest absolute Gasteiger partial charge is 0.416 e. The Morgan fingerprint density at radius 2 is 1.74 bits per heavy atom. The van der Waals surface area contributed by atoms with Gasteiger partial charge in [-0.2, -0.15) is 18.3 Å². The summed E-state index contributed by atoms with van der Waals surface area (Å²) in [4.78, 5) is 10.3. The van der Waals surface area contributed by atoms with Crippen molar-refractivity contribution in [2.45, 2.75) is 12.6 Å². The van der Waals surface area contributed by atoms with E-state index in [2.05, 4.69) is 10.4 Å². The van der Waals surface area contributed by atoms with Crippen LogP contribution in [0.15, 0.2) is 48.5 Å². The molecule has 0 atom stereocenters. The van der Waals surface area contributed by atoms with Crippen molar-refractivity contribution in [2.24, 2.45) is 0 Å². The Balaban J connectivity index is 1.76. The van der Waals surface area contributed by atoms with Gasteiger partial charge in [0.15, 0.2) is 0 Å². The molecule has 27 heavy (non-hydrogen) atoms. The minimum atomic E-state index is -4.39. The maximum absolute atomic E-state index is 12.8. The highest BCUT2D eigenvalue weighted by Gasteiger charge is 2.30. The number of nitro benzene ring substituents is 1. The van der Waals surface area contributed by atoms with Crippen molar-refractivity contribution in [3.8, 4) is 16.9 Å². The summed E-state index contributed by atoms with van der Waals surface area (Å²) in [7, 11) is 0. The van der Waals surface area contributed by atoms with Crippen LogP contribution in [0.5, 0.6) is 0 Å². The molecule has 0 fully saturated rings. The molecule has 0 amide bonds. The molecule has 4 rings (SSSR count). The van der Waals surface area contributed by atoms with E-state index in [1.54, 1.807) is 16.8 Å². The van der Waals surface area contributed by atoms with Crippen LogP contribution in [0.2, 0.25) is 0 Å². The molecule has 0 aliphatic carbocycles. The lowest BCUT2D eigenvalue weighted by Gasteiger charge is -2.07. The zero-order valence-corrected chi connectivity index (χ0v) is 13.8. The van der Waals surface area contributed by atoms with E-state index in [4.69, 9.17) is 0 Å². The molecule has 0 bridgehead atoms. The average Bonchev–Trinajstić information content (AvgIpc) is 3.24. The molecule has 1 aliphatic rings. The number of rotatable bonds is 3. The average molecular weight is 374 g/mol. The molecule has 9 heteroatoms. The maximum Gasteiger partial charge on any atom is 0.416 e. The second-order valence-corrected chi connectivity index (χ2v) is 6.11. The van der Waals surface area contributed by atoms with Gasteiger partial charge in [-0.05, 0) is 30.7 Å². The van der Waals surface area contributed by atoms with E-state index in [1.165, 1.54) is 24.3 Å². The molecule has 1 aromatic heterocycles. The van der Waals surface area contributed by atoms with Crippen LogP contribution < -0.4 is 5.32 Å². The molecule has 0 saturated heterocycles. The number of benzene rings is 2. The topological polar surface area (TPSA) is 73.0 Å². The predicted molar refractivity (Wildman–Crippen MR) is 92.9 cm³/mol. The second kappa shape index (κ2) is 6.11. The summed E-state index contributed by atoms with van der Waals surface area (Å²) in [6, 6.07) is 10.8. The fourth-order valence-electron chi connectivity index (χ4n) is 3.13. The molecule has 0 spiro atoms. The summed E-state index contributed by atoms with van der Waals surface area (Å²) in [5.41, 5.74) is 1.98. The van der Waals surface area contributed by atoms with Crippen molar-refractivity contribution in [1.82, 2.24) is 9.78 Å². The molecule has 1 N–H and O–H groups in total. The molecule has 1 aliphatic heterocycles. The van der Waals surface area contributed by atoms with E-state index >= 15 is 0 Å². The van der Waals surface area contributed by atoms with Gasteiger partial charge < -0.3 is 5.32 Å². The molecule has 138 valence electrons. The standard InChI is InChI=1S/C18H13F3N4O2/c19-18(20,21)12-3-1-11(2-4-12)16-15-9-10-22-17(15)24(23-16)13-5-7-14(8-6-13)25(26)27/h1-8,22H,9-10H2. The third-order valence-corrected chi connectivity index (χ3v) is 4.44. The van der Waals surface area contributed by atoms with E-state index in [9.17, 15) is 23.3 Å². The van der Waals surface area contributed by atoms with Crippen molar-refractivity contribution in [3.63, 3.8) is 0 Å². The molecule has 2 aromatic carbocycles. The number of nitro groups is 1. The Labute approximate surface area is 151 Å². The second-order valence-electron chi connectivity index (χ2n) is 6.11. The zero-order valence-electron chi connectivity index (χ0n) is 13.8. The van der Waals surface area contributed by atoms with Gasteiger partial charge in [-0.15, -0.1) is 0 Å². The van der Waals surface area contributed by atoms with Gasteiger partial charge in [0.1, 0.15) is 5.82 Å². The summed E-state index contributed by atoms with van der Waals surface area (Å²) in [6.45, 7) is 0.688. The Hall–Kier alpha value is -3.36. The third kappa shape index (κ3) is 3.01. The monoisotopic (exact) mass is 374 g/mol. The Morgan fingerprint density at radius 1 is 1.07 bits per heavy atom. The van der Waals surface area contributed by atoms with Crippen LogP contribution in [0.3, 0.4) is 0 Å². The highest BCUT2D eigenvalue weighted by molar-refractivity contribution is 5.73. The number of aromatic nitrogens is 2. The van der Waals surface area contributed by atoms with Crippen LogP contribution in [0.1, 0.15) is 11.1 Å². The predicted octanol–water partition coefficient (Wildman–Crippen LogP) is 4.43. The quantitative estimate of drug-likeness (QED) is 0.544. The Bertz CT molecular complexity index is 1010. The fraction of sp³-hybridized carbons (Fsp3) is 0.167. The fourth-order valence-corrected chi connectivity index (χ4v) is 3.13. The lowest BCUT2D eigenvalue weighted by atomic mass is 10.0. The Morgan fingerprint density at radius 3 is 2.33 bits per heavy atom. The summed E-state index contributed by atoms with van der Waals surface area (Å²) in [5.74, 6) is 0.749. The van der Waals surface area contributed by atoms with Crippen LogP contribution in [-0.2, 0) is 12.6 Å². The van der Waals surface area contributed by atoms with Gasteiger partial charge in [-0.1, -0.05) is 12.1 Å². The van der Waals surface area contributed by atoms with E-state index < -0.39 is 16.7 Å². The first kappa shape index (κ1) is 17.1. The molecule has 3 aromatic rings. The number of fused-ring (bicyclic) bond motifs is 1. The third-order valence-electron chi connectivity index (χ3n) is 4.44. The highest BCUT2D eigenvalue weighted by Crippen LogP contribution is 2.36. The van der Waals surface area contributed by atoms with E-state index in [0.29, 0.717) is 29.9 Å². The number of nitrogens with zero attached hydrogens (tertiary/aromatic N) is 3. The number of nitrogens with one attached hydrogen (secondary N) is 1. The number of hydrogen-bond donors (Lipinski definition) is 1. The number of non-ortho nitro benzene ring substituents is 1. The molecule has 2 heterocycles.